The van der Waals surface area contributed by atoms with E-state index in [1.165, 1.54) is 17.8 Å². The number of rotatable bonds is 5. The first kappa shape index (κ1) is 13.2. The molecule has 0 fully saturated rings. The van der Waals surface area contributed by atoms with Gasteiger partial charge in [0.25, 0.3) is 0 Å². The van der Waals surface area contributed by atoms with Crippen molar-refractivity contribution >= 4 is 35.0 Å². The quantitative estimate of drug-likeness (QED) is 0.425. The molecule has 1 aromatic rings. The Labute approximate surface area is 103 Å². The Kier molecular flexibility index (Phi) is 4.92. The molecule has 0 radical (unpaired) electrons. The number of anilines is 1. The zero-order valence-electron chi connectivity index (χ0n) is 8.57. The lowest BCUT2D eigenvalue weighted by Crippen LogP contribution is -2.13. The second kappa shape index (κ2) is 5.98. The van der Waals surface area contributed by atoms with Crippen LogP contribution in [0.4, 0.5) is 5.69 Å². The van der Waals surface area contributed by atoms with E-state index < -0.39 is 5.91 Å². The molecule has 0 bridgehead atoms. The lowest BCUT2D eigenvalue weighted by atomic mass is 10.2. The minimum absolute atomic E-state index is 0.103. The Hall–Kier alpha value is -0.910. The summed E-state index contributed by atoms with van der Waals surface area (Å²) in [6, 6.07) is 3.09. The predicted molar refractivity (Wildman–Crippen MR) is 66.8 cm³/mol. The van der Waals surface area contributed by atoms with Crippen molar-refractivity contribution in [3.8, 4) is 0 Å². The molecule has 0 saturated heterocycles. The SMILES string of the molecule is NC(=O)c1cc(N)cc(Cl)c1SCCCO. The normalized spacial score (nSPS) is 10.4. The van der Waals surface area contributed by atoms with Gasteiger partial charge in [0.05, 0.1) is 10.6 Å². The van der Waals surface area contributed by atoms with E-state index in [1.807, 2.05) is 0 Å². The van der Waals surface area contributed by atoms with Crippen molar-refractivity contribution in [3.63, 3.8) is 0 Å². The molecule has 4 nitrogen and oxygen atoms in total. The molecular weight excluding hydrogens is 248 g/mol. The number of carbonyl (C=O) groups excluding carboxylic acids is 1. The molecule has 0 heterocycles. The van der Waals surface area contributed by atoms with Crippen molar-refractivity contribution in [2.24, 2.45) is 5.73 Å². The van der Waals surface area contributed by atoms with Crippen molar-refractivity contribution < 1.29 is 9.90 Å². The summed E-state index contributed by atoms with van der Waals surface area (Å²) >= 11 is 7.37. The number of halogens is 1. The van der Waals surface area contributed by atoms with Gasteiger partial charge in [-0.1, -0.05) is 11.6 Å². The number of hydrogen-bond acceptors (Lipinski definition) is 4. The highest BCUT2D eigenvalue weighted by Gasteiger charge is 2.13. The van der Waals surface area contributed by atoms with Crippen LogP contribution in [0, 0.1) is 0 Å². The zero-order valence-corrected chi connectivity index (χ0v) is 10.1. The standard InChI is InChI=1S/C10H13ClN2O2S/c11-8-5-6(12)4-7(10(13)15)9(8)16-3-1-2-14/h4-5,14H,1-3,12H2,(H2,13,15). The summed E-state index contributed by atoms with van der Waals surface area (Å²) in [5.74, 6) is 0.112. The summed E-state index contributed by atoms with van der Waals surface area (Å²) in [6.45, 7) is 0.103. The summed E-state index contributed by atoms with van der Waals surface area (Å²) < 4.78 is 0. The second-order valence-corrected chi connectivity index (χ2v) is 4.68. The molecule has 6 heteroatoms. The van der Waals surface area contributed by atoms with Crippen LogP contribution in [0.25, 0.3) is 0 Å². The van der Waals surface area contributed by atoms with Crippen LogP contribution in [0.1, 0.15) is 16.8 Å². The highest BCUT2D eigenvalue weighted by Crippen LogP contribution is 2.33. The maximum absolute atomic E-state index is 11.2. The molecule has 1 rings (SSSR count). The van der Waals surface area contributed by atoms with Crippen LogP contribution in [0.2, 0.25) is 5.02 Å². The van der Waals surface area contributed by atoms with Crippen molar-refractivity contribution in [2.45, 2.75) is 11.3 Å². The molecule has 0 aromatic heterocycles. The second-order valence-electron chi connectivity index (χ2n) is 3.17. The first-order valence-corrected chi connectivity index (χ1v) is 6.05. The van der Waals surface area contributed by atoms with E-state index in [9.17, 15) is 4.79 Å². The molecule has 0 unspecified atom stereocenters. The van der Waals surface area contributed by atoms with Crippen LogP contribution in [0.3, 0.4) is 0 Å². The molecule has 88 valence electrons. The van der Waals surface area contributed by atoms with E-state index in [2.05, 4.69) is 0 Å². The van der Waals surface area contributed by atoms with E-state index in [4.69, 9.17) is 28.2 Å². The van der Waals surface area contributed by atoms with E-state index in [0.29, 0.717) is 33.3 Å². The number of carbonyl (C=O) groups is 1. The summed E-state index contributed by atoms with van der Waals surface area (Å²) in [6.07, 6.45) is 0.629. The van der Waals surface area contributed by atoms with Gasteiger partial charge >= 0.3 is 0 Å². The van der Waals surface area contributed by atoms with Crippen molar-refractivity contribution in [2.75, 3.05) is 18.1 Å². The lowest BCUT2D eigenvalue weighted by molar-refractivity contribution is 0.0997. The van der Waals surface area contributed by atoms with Gasteiger partial charge < -0.3 is 16.6 Å². The molecule has 16 heavy (non-hydrogen) atoms. The topological polar surface area (TPSA) is 89.3 Å². The molecule has 1 amide bonds. The summed E-state index contributed by atoms with van der Waals surface area (Å²) in [5, 5.41) is 9.09. The molecule has 5 N–H and O–H groups in total. The Morgan fingerprint density at radius 1 is 1.50 bits per heavy atom. The maximum atomic E-state index is 11.2. The summed E-state index contributed by atoms with van der Waals surface area (Å²) in [7, 11) is 0. The van der Waals surface area contributed by atoms with Gasteiger partial charge in [-0.05, 0) is 18.6 Å². The first-order valence-electron chi connectivity index (χ1n) is 4.68. The van der Waals surface area contributed by atoms with E-state index >= 15 is 0 Å². The zero-order chi connectivity index (χ0) is 12.1. The lowest BCUT2D eigenvalue weighted by Gasteiger charge is -2.09. The number of benzene rings is 1. The molecule has 0 aliphatic carbocycles. The van der Waals surface area contributed by atoms with Gasteiger partial charge in [0.1, 0.15) is 0 Å². The summed E-state index contributed by atoms with van der Waals surface area (Å²) in [4.78, 5) is 11.8. The van der Waals surface area contributed by atoms with Crippen LogP contribution < -0.4 is 11.5 Å². The van der Waals surface area contributed by atoms with Crippen molar-refractivity contribution in [1.29, 1.82) is 0 Å². The number of aliphatic hydroxyl groups excluding tert-OH is 1. The third kappa shape index (κ3) is 3.30. The number of nitrogens with two attached hydrogens (primary N) is 2. The average molecular weight is 261 g/mol. The molecule has 0 saturated carbocycles. The van der Waals surface area contributed by atoms with Gasteiger partial charge in [-0.15, -0.1) is 11.8 Å². The smallest absolute Gasteiger partial charge is 0.249 e. The number of primary amides is 1. The number of thioether (sulfide) groups is 1. The van der Waals surface area contributed by atoms with Crippen LogP contribution >= 0.6 is 23.4 Å². The van der Waals surface area contributed by atoms with Gasteiger partial charge in [0, 0.05) is 22.9 Å². The van der Waals surface area contributed by atoms with Crippen LogP contribution in [0.5, 0.6) is 0 Å². The van der Waals surface area contributed by atoms with Gasteiger partial charge in [-0.2, -0.15) is 0 Å². The molecule has 0 aliphatic rings. The van der Waals surface area contributed by atoms with Crippen LogP contribution in [-0.2, 0) is 0 Å². The van der Waals surface area contributed by atoms with Crippen molar-refractivity contribution in [3.05, 3.63) is 22.7 Å². The fourth-order valence-electron chi connectivity index (χ4n) is 1.18. The van der Waals surface area contributed by atoms with E-state index in [1.54, 1.807) is 6.07 Å². The Morgan fingerprint density at radius 3 is 2.75 bits per heavy atom. The highest BCUT2D eigenvalue weighted by molar-refractivity contribution is 7.99. The Balaban J connectivity index is 2.99. The predicted octanol–water partition coefficient (Wildman–Crippen LogP) is 1.50. The van der Waals surface area contributed by atoms with E-state index in [-0.39, 0.29) is 6.61 Å². The van der Waals surface area contributed by atoms with Crippen molar-refractivity contribution in [1.82, 2.24) is 0 Å². The fourth-order valence-corrected chi connectivity index (χ4v) is 2.56. The van der Waals surface area contributed by atoms with Crippen LogP contribution in [0.15, 0.2) is 17.0 Å². The molecule has 0 atom stereocenters. The van der Waals surface area contributed by atoms with Crippen LogP contribution in [-0.4, -0.2) is 23.4 Å². The number of nitrogen functional groups attached to an aromatic ring is 1. The Bertz CT molecular complexity index is 399. The summed E-state index contributed by atoms with van der Waals surface area (Å²) in [5.41, 5.74) is 11.6. The highest BCUT2D eigenvalue weighted by atomic mass is 35.5. The molecular formula is C10H13ClN2O2S. The van der Waals surface area contributed by atoms with Gasteiger partial charge in [-0.25, -0.2) is 0 Å². The Morgan fingerprint density at radius 2 is 2.19 bits per heavy atom. The van der Waals surface area contributed by atoms with Gasteiger partial charge in [0.15, 0.2) is 0 Å². The van der Waals surface area contributed by atoms with Gasteiger partial charge in [0.2, 0.25) is 5.91 Å². The number of amides is 1. The molecule has 1 aromatic carbocycles. The van der Waals surface area contributed by atoms with Gasteiger partial charge in [-0.3, -0.25) is 4.79 Å². The minimum atomic E-state index is -0.555. The molecule has 0 spiro atoms. The minimum Gasteiger partial charge on any atom is -0.399 e. The number of hydrogen-bond donors (Lipinski definition) is 3. The third-order valence-corrected chi connectivity index (χ3v) is 3.51. The largest absolute Gasteiger partial charge is 0.399 e. The maximum Gasteiger partial charge on any atom is 0.249 e. The first-order chi connectivity index (χ1) is 7.56. The average Bonchev–Trinajstić information content (AvgIpc) is 2.20. The monoisotopic (exact) mass is 260 g/mol. The fraction of sp³-hybridized carbons (Fsp3) is 0.300. The number of aliphatic hydroxyl groups is 1. The van der Waals surface area contributed by atoms with E-state index in [0.717, 1.165) is 0 Å². The third-order valence-electron chi connectivity index (χ3n) is 1.88. The molecule has 0 aliphatic heterocycles.